The molecule has 0 saturated heterocycles. The van der Waals surface area contributed by atoms with Crippen molar-refractivity contribution in [1.29, 1.82) is 0 Å². The molecule has 0 atom stereocenters. The van der Waals surface area contributed by atoms with E-state index in [-0.39, 0.29) is 30.7 Å². The van der Waals surface area contributed by atoms with Gasteiger partial charge in [0.05, 0.1) is 19.3 Å². The normalized spacial score (nSPS) is 10.8. The number of halogens is 2. The molecule has 4 nitrogen and oxygen atoms in total. The molecule has 0 spiro atoms. The molecule has 1 aromatic heterocycles. The minimum Gasteiger partial charge on any atom is -0.325 e. The maximum Gasteiger partial charge on any atom is 0.225 e. The van der Waals surface area contributed by atoms with E-state index >= 15 is 0 Å². The first-order valence-electron chi connectivity index (χ1n) is 9.98. The van der Waals surface area contributed by atoms with Gasteiger partial charge in [-0.05, 0) is 37.2 Å². The Morgan fingerprint density at radius 2 is 1.71 bits per heavy atom. The SMILES string of the molecule is CC[Si](CC)(CC)CCCNCCC(=O)Nc1cccc2ncccc12.Cl.Cl. The molecule has 158 valence electrons. The number of carbonyl (C=O) groups excluding carboxylic acids is 1. The minimum atomic E-state index is -1.00. The third-order valence-electron chi connectivity index (χ3n) is 5.76. The molecule has 0 fully saturated rings. The zero-order chi connectivity index (χ0) is 18.8. The number of rotatable bonds is 11. The molecule has 0 aliphatic rings. The molecule has 1 aromatic carbocycles. The van der Waals surface area contributed by atoms with Gasteiger partial charge >= 0.3 is 0 Å². The summed E-state index contributed by atoms with van der Waals surface area (Å²) >= 11 is 0. The van der Waals surface area contributed by atoms with Gasteiger partial charge in [-0.1, -0.05) is 51.0 Å². The van der Waals surface area contributed by atoms with Crippen LogP contribution in [0.4, 0.5) is 5.69 Å². The van der Waals surface area contributed by atoms with Crippen molar-refractivity contribution in [3.05, 3.63) is 36.5 Å². The van der Waals surface area contributed by atoms with Crippen molar-refractivity contribution in [3.63, 3.8) is 0 Å². The van der Waals surface area contributed by atoms with Gasteiger partial charge in [0, 0.05) is 24.5 Å². The van der Waals surface area contributed by atoms with E-state index in [9.17, 15) is 4.79 Å². The van der Waals surface area contributed by atoms with Crippen LogP contribution in [0.5, 0.6) is 0 Å². The number of nitrogens with one attached hydrogen (secondary N) is 2. The van der Waals surface area contributed by atoms with E-state index in [4.69, 9.17) is 0 Å². The Bertz CT molecular complexity index is 697. The number of fused-ring (bicyclic) bond motifs is 1. The predicted octanol–water partition coefficient (Wildman–Crippen LogP) is 5.90. The average molecular weight is 445 g/mol. The summed E-state index contributed by atoms with van der Waals surface area (Å²) in [5, 5.41) is 7.43. The fraction of sp³-hybridized carbons (Fsp3) is 0.524. The number of hydrogen-bond donors (Lipinski definition) is 2. The lowest BCUT2D eigenvalue weighted by Gasteiger charge is -2.28. The van der Waals surface area contributed by atoms with Crippen molar-refractivity contribution in [2.45, 2.75) is 57.8 Å². The van der Waals surface area contributed by atoms with Crippen LogP contribution in [0.15, 0.2) is 36.5 Å². The standard InChI is InChI=1S/C21H33N3OSi.2ClH/c1-4-26(5-2,6-3)17-9-14-22-16-13-21(25)24-20-12-7-11-19-18(20)10-8-15-23-19;;/h7-8,10-12,15,22H,4-6,9,13-14,16-17H2,1-3H3,(H,24,25);2*1H. The highest BCUT2D eigenvalue weighted by Gasteiger charge is 2.25. The topological polar surface area (TPSA) is 54.0 Å². The molecule has 0 saturated carbocycles. The second kappa shape index (κ2) is 13.9. The third kappa shape index (κ3) is 7.70. The highest BCUT2D eigenvalue weighted by molar-refractivity contribution is 6.79. The molecule has 0 bridgehead atoms. The Balaban J connectivity index is 0.00000364. The van der Waals surface area contributed by atoms with Gasteiger partial charge in [-0.15, -0.1) is 24.8 Å². The molecule has 0 aliphatic heterocycles. The van der Waals surface area contributed by atoms with E-state index < -0.39 is 8.07 Å². The number of carbonyl (C=O) groups is 1. The molecule has 1 heterocycles. The Hall–Kier alpha value is -1.14. The van der Waals surface area contributed by atoms with Crippen molar-refractivity contribution < 1.29 is 4.79 Å². The van der Waals surface area contributed by atoms with E-state index in [1.165, 1.54) is 30.6 Å². The van der Waals surface area contributed by atoms with E-state index in [2.05, 4.69) is 36.4 Å². The van der Waals surface area contributed by atoms with Crippen molar-refractivity contribution in [2.75, 3.05) is 18.4 Å². The minimum absolute atomic E-state index is 0. The van der Waals surface area contributed by atoms with E-state index in [1.54, 1.807) is 6.20 Å². The third-order valence-corrected chi connectivity index (χ3v) is 11.7. The number of hydrogen-bond acceptors (Lipinski definition) is 3. The highest BCUT2D eigenvalue weighted by Crippen LogP contribution is 2.26. The second-order valence-corrected chi connectivity index (χ2v) is 12.7. The van der Waals surface area contributed by atoms with Crippen molar-refractivity contribution in [1.82, 2.24) is 10.3 Å². The van der Waals surface area contributed by atoms with Gasteiger partial charge in [0.1, 0.15) is 0 Å². The summed E-state index contributed by atoms with van der Waals surface area (Å²) in [4.78, 5) is 16.5. The average Bonchev–Trinajstić information content (AvgIpc) is 2.68. The Morgan fingerprint density at radius 3 is 2.39 bits per heavy atom. The molecule has 1 amide bonds. The summed E-state index contributed by atoms with van der Waals surface area (Å²) in [6, 6.07) is 15.3. The first kappa shape index (κ1) is 26.9. The summed E-state index contributed by atoms with van der Waals surface area (Å²) in [6.07, 6.45) is 3.50. The molecule has 28 heavy (non-hydrogen) atoms. The molecule has 2 aromatic rings. The van der Waals surface area contributed by atoms with E-state index in [0.29, 0.717) is 6.42 Å². The largest absolute Gasteiger partial charge is 0.325 e. The Kier molecular flexibility index (Phi) is 13.4. The lowest BCUT2D eigenvalue weighted by atomic mass is 10.2. The molecule has 7 heteroatoms. The summed E-state index contributed by atoms with van der Waals surface area (Å²) in [5.41, 5.74) is 1.74. The monoisotopic (exact) mass is 443 g/mol. The van der Waals surface area contributed by atoms with Gasteiger partial charge in [0.25, 0.3) is 0 Å². The quantitative estimate of drug-likeness (QED) is 0.335. The van der Waals surface area contributed by atoms with Crippen LogP contribution < -0.4 is 10.6 Å². The number of benzene rings is 1. The van der Waals surface area contributed by atoms with Gasteiger partial charge < -0.3 is 10.6 Å². The number of aromatic nitrogens is 1. The fourth-order valence-electron chi connectivity index (χ4n) is 3.62. The van der Waals surface area contributed by atoms with Crippen LogP contribution in [-0.2, 0) is 4.79 Å². The number of nitrogens with zero attached hydrogens (tertiary/aromatic N) is 1. The summed E-state index contributed by atoms with van der Waals surface area (Å²) in [7, 11) is -1.00. The molecule has 0 unspecified atom stereocenters. The molecule has 2 rings (SSSR count). The van der Waals surface area contributed by atoms with E-state index in [0.717, 1.165) is 29.7 Å². The first-order chi connectivity index (χ1) is 12.6. The maximum absolute atomic E-state index is 12.2. The van der Waals surface area contributed by atoms with Crippen LogP contribution >= 0.6 is 24.8 Å². The van der Waals surface area contributed by atoms with Gasteiger partial charge in [0.15, 0.2) is 0 Å². The lowest BCUT2D eigenvalue weighted by molar-refractivity contribution is -0.116. The van der Waals surface area contributed by atoms with Gasteiger partial charge in [0.2, 0.25) is 5.91 Å². The van der Waals surface area contributed by atoms with Crippen LogP contribution in [0.25, 0.3) is 10.9 Å². The van der Waals surface area contributed by atoms with Gasteiger partial charge in [-0.25, -0.2) is 0 Å². The Labute approximate surface area is 183 Å². The van der Waals surface area contributed by atoms with Crippen LogP contribution in [-0.4, -0.2) is 32.1 Å². The first-order valence-corrected chi connectivity index (χ1v) is 12.8. The van der Waals surface area contributed by atoms with Gasteiger partial charge in [-0.3, -0.25) is 9.78 Å². The molecular formula is C21H35Cl2N3OSi. The maximum atomic E-state index is 12.2. The van der Waals surface area contributed by atoms with Gasteiger partial charge in [-0.2, -0.15) is 0 Å². The number of amides is 1. The van der Waals surface area contributed by atoms with Crippen LogP contribution in [0.3, 0.4) is 0 Å². The molecule has 0 aliphatic carbocycles. The van der Waals surface area contributed by atoms with Crippen LogP contribution in [0.1, 0.15) is 33.6 Å². The van der Waals surface area contributed by atoms with Crippen LogP contribution in [0.2, 0.25) is 24.2 Å². The Morgan fingerprint density at radius 1 is 1.00 bits per heavy atom. The summed E-state index contributed by atoms with van der Waals surface area (Å²) in [5.74, 6) is 0.0493. The second-order valence-electron chi connectivity index (χ2n) is 7.09. The van der Waals surface area contributed by atoms with Crippen molar-refractivity contribution in [2.24, 2.45) is 0 Å². The van der Waals surface area contributed by atoms with Crippen LogP contribution in [0, 0.1) is 0 Å². The molecule has 0 radical (unpaired) electrons. The predicted molar refractivity (Wildman–Crippen MR) is 129 cm³/mol. The fourth-order valence-corrected chi connectivity index (χ4v) is 7.11. The number of pyridine rings is 1. The van der Waals surface area contributed by atoms with Crippen molar-refractivity contribution >= 4 is 55.4 Å². The molecular weight excluding hydrogens is 409 g/mol. The molecule has 2 N–H and O–H groups in total. The van der Waals surface area contributed by atoms with E-state index in [1.807, 2.05) is 30.3 Å². The smallest absolute Gasteiger partial charge is 0.225 e. The summed E-state index contributed by atoms with van der Waals surface area (Å²) in [6.45, 7) is 8.83. The lowest BCUT2D eigenvalue weighted by Crippen LogP contribution is -2.32. The number of anilines is 1. The summed E-state index contributed by atoms with van der Waals surface area (Å²) < 4.78 is 0. The zero-order valence-electron chi connectivity index (χ0n) is 17.3. The zero-order valence-corrected chi connectivity index (χ0v) is 19.9. The highest BCUT2D eigenvalue weighted by atomic mass is 35.5. The van der Waals surface area contributed by atoms with Crippen molar-refractivity contribution in [3.8, 4) is 0 Å².